The van der Waals surface area contributed by atoms with E-state index in [0.29, 0.717) is 12.6 Å². The van der Waals surface area contributed by atoms with Crippen molar-refractivity contribution in [1.82, 2.24) is 10.6 Å². The summed E-state index contributed by atoms with van der Waals surface area (Å²) in [7, 11) is 0. The highest BCUT2D eigenvalue weighted by molar-refractivity contribution is 5.81. The molecule has 0 aromatic rings. The van der Waals surface area contributed by atoms with Crippen molar-refractivity contribution >= 4 is 11.9 Å². The lowest BCUT2D eigenvalue weighted by molar-refractivity contribution is -0.144. The summed E-state index contributed by atoms with van der Waals surface area (Å²) >= 11 is 0. The van der Waals surface area contributed by atoms with E-state index in [2.05, 4.69) is 10.6 Å². The Labute approximate surface area is 114 Å². The fraction of sp³-hybridized carbons (Fsp3) is 0.857. The predicted molar refractivity (Wildman–Crippen MR) is 71.7 cm³/mol. The third-order valence-corrected chi connectivity index (χ3v) is 4.23. The molecule has 0 radical (unpaired) electrons. The first-order valence-corrected chi connectivity index (χ1v) is 7.34. The van der Waals surface area contributed by atoms with Crippen LogP contribution in [0, 0.1) is 11.8 Å². The summed E-state index contributed by atoms with van der Waals surface area (Å²) in [6.07, 6.45) is 5.99. The first-order valence-electron chi connectivity index (χ1n) is 7.34. The van der Waals surface area contributed by atoms with Crippen LogP contribution in [0.5, 0.6) is 0 Å². The van der Waals surface area contributed by atoms with Crippen molar-refractivity contribution in [3.8, 4) is 0 Å². The lowest BCUT2D eigenvalue weighted by Crippen LogP contribution is -2.46. The molecule has 0 saturated heterocycles. The average molecular weight is 268 g/mol. The Morgan fingerprint density at radius 2 is 1.89 bits per heavy atom. The normalized spacial score (nSPS) is 28.7. The number of amides is 1. The maximum Gasteiger partial charge on any atom is 0.306 e. The Morgan fingerprint density at radius 3 is 2.53 bits per heavy atom. The molecule has 0 aromatic carbocycles. The van der Waals surface area contributed by atoms with Crippen LogP contribution in [0.4, 0.5) is 0 Å². The number of carbonyl (C=O) groups excluding carboxylic acids is 1. The number of aliphatic carboxylic acids is 1. The standard InChI is InChI=1S/C14H24N2O3/c1-9(13(17)16-11-6-7-11)15-8-10-4-2-3-5-12(10)14(18)19/h9-12,15H,2-8H2,1H3,(H,16,17)(H,18,19). The van der Waals surface area contributed by atoms with E-state index in [0.717, 1.165) is 38.5 Å². The zero-order valence-electron chi connectivity index (χ0n) is 11.5. The van der Waals surface area contributed by atoms with Crippen molar-refractivity contribution in [3.05, 3.63) is 0 Å². The number of carbonyl (C=O) groups is 2. The van der Waals surface area contributed by atoms with E-state index in [1.807, 2.05) is 6.92 Å². The van der Waals surface area contributed by atoms with Crippen molar-refractivity contribution in [2.24, 2.45) is 11.8 Å². The molecule has 5 nitrogen and oxygen atoms in total. The SMILES string of the molecule is CC(NCC1CCCCC1C(=O)O)C(=O)NC1CC1. The van der Waals surface area contributed by atoms with Gasteiger partial charge in [0.2, 0.25) is 5.91 Å². The Morgan fingerprint density at radius 1 is 1.21 bits per heavy atom. The van der Waals surface area contributed by atoms with Gasteiger partial charge in [0.25, 0.3) is 0 Å². The summed E-state index contributed by atoms with van der Waals surface area (Å²) in [4.78, 5) is 23.0. The molecule has 108 valence electrons. The summed E-state index contributed by atoms with van der Waals surface area (Å²) in [5, 5.41) is 15.4. The lowest BCUT2D eigenvalue weighted by atomic mass is 9.79. The highest BCUT2D eigenvalue weighted by atomic mass is 16.4. The average Bonchev–Trinajstić information content (AvgIpc) is 3.20. The Balaban J connectivity index is 1.75. The van der Waals surface area contributed by atoms with Gasteiger partial charge in [-0.1, -0.05) is 12.8 Å². The van der Waals surface area contributed by atoms with Crippen LogP contribution in [0.2, 0.25) is 0 Å². The Bertz CT molecular complexity index is 342. The van der Waals surface area contributed by atoms with E-state index < -0.39 is 5.97 Å². The molecule has 2 saturated carbocycles. The minimum atomic E-state index is -0.693. The molecule has 0 aromatic heterocycles. The number of rotatable bonds is 6. The van der Waals surface area contributed by atoms with Crippen LogP contribution in [0.25, 0.3) is 0 Å². The number of hydrogen-bond donors (Lipinski definition) is 3. The predicted octanol–water partition coefficient (Wildman–Crippen LogP) is 1.13. The van der Waals surface area contributed by atoms with Gasteiger partial charge >= 0.3 is 5.97 Å². The van der Waals surface area contributed by atoms with Gasteiger partial charge in [-0.15, -0.1) is 0 Å². The molecule has 2 rings (SSSR count). The van der Waals surface area contributed by atoms with Gasteiger partial charge in [0.05, 0.1) is 12.0 Å². The molecule has 3 N–H and O–H groups in total. The summed E-state index contributed by atoms with van der Waals surface area (Å²) in [5.41, 5.74) is 0. The molecule has 0 spiro atoms. The maximum absolute atomic E-state index is 11.8. The van der Waals surface area contributed by atoms with Crippen LogP contribution < -0.4 is 10.6 Å². The fourth-order valence-electron chi connectivity index (χ4n) is 2.75. The Kier molecular flexibility index (Phi) is 4.80. The van der Waals surface area contributed by atoms with Gasteiger partial charge in [-0.25, -0.2) is 0 Å². The summed E-state index contributed by atoms with van der Waals surface area (Å²) in [5.74, 6) is -0.755. The number of hydrogen-bond acceptors (Lipinski definition) is 3. The van der Waals surface area contributed by atoms with Crippen molar-refractivity contribution in [2.45, 2.75) is 57.5 Å². The molecule has 2 aliphatic carbocycles. The maximum atomic E-state index is 11.8. The van der Waals surface area contributed by atoms with Crippen molar-refractivity contribution in [2.75, 3.05) is 6.54 Å². The molecule has 1 amide bonds. The Hall–Kier alpha value is -1.10. The van der Waals surface area contributed by atoms with Gasteiger partial charge in [0.1, 0.15) is 0 Å². The van der Waals surface area contributed by atoms with Gasteiger partial charge in [-0.2, -0.15) is 0 Å². The van der Waals surface area contributed by atoms with Crippen LogP contribution in [-0.2, 0) is 9.59 Å². The molecule has 0 heterocycles. The minimum Gasteiger partial charge on any atom is -0.481 e. The van der Waals surface area contributed by atoms with E-state index in [-0.39, 0.29) is 23.8 Å². The molecule has 19 heavy (non-hydrogen) atoms. The molecule has 3 unspecified atom stereocenters. The second-order valence-electron chi connectivity index (χ2n) is 5.90. The smallest absolute Gasteiger partial charge is 0.306 e. The van der Waals surface area contributed by atoms with Gasteiger partial charge in [0, 0.05) is 6.04 Å². The van der Waals surface area contributed by atoms with Crippen molar-refractivity contribution in [1.29, 1.82) is 0 Å². The van der Waals surface area contributed by atoms with Gasteiger partial charge < -0.3 is 15.7 Å². The fourth-order valence-corrected chi connectivity index (χ4v) is 2.75. The molecule has 5 heteroatoms. The van der Waals surface area contributed by atoms with E-state index in [4.69, 9.17) is 0 Å². The topological polar surface area (TPSA) is 78.4 Å². The monoisotopic (exact) mass is 268 g/mol. The summed E-state index contributed by atoms with van der Waals surface area (Å²) in [6, 6.07) is 0.134. The van der Waals surface area contributed by atoms with E-state index in [1.54, 1.807) is 0 Å². The van der Waals surface area contributed by atoms with Gasteiger partial charge in [-0.3, -0.25) is 9.59 Å². The second kappa shape index (κ2) is 6.37. The quantitative estimate of drug-likeness (QED) is 0.675. The summed E-state index contributed by atoms with van der Waals surface area (Å²) < 4.78 is 0. The molecule has 3 atom stereocenters. The van der Waals surface area contributed by atoms with E-state index >= 15 is 0 Å². The highest BCUT2D eigenvalue weighted by Gasteiger charge is 2.31. The number of carboxylic acid groups (broad SMARTS) is 1. The third-order valence-electron chi connectivity index (χ3n) is 4.23. The van der Waals surface area contributed by atoms with Crippen molar-refractivity contribution in [3.63, 3.8) is 0 Å². The minimum absolute atomic E-state index is 0.0326. The molecule has 0 bridgehead atoms. The van der Waals surface area contributed by atoms with E-state index in [9.17, 15) is 14.7 Å². The zero-order valence-corrected chi connectivity index (χ0v) is 11.5. The molecule has 0 aliphatic heterocycles. The van der Waals surface area contributed by atoms with E-state index in [1.165, 1.54) is 0 Å². The van der Waals surface area contributed by atoms with Crippen LogP contribution >= 0.6 is 0 Å². The van der Waals surface area contributed by atoms with Gasteiger partial charge in [0.15, 0.2) is 0 Å². The molecular formula is C14H24N2O3. The van der Waals surface area contributed by atoms with Crippen LogP contribution in [-0.4, -0.2) is 35.6 Å². The van der Waals surface area contributed by atoms with Crippen LogP contribution in [0.3, 0.4) is 0 Å². The molecule has 2 fully saturated rings. The van der Waals surface area contributed by atoms with Crippen LogP contribution in [0.1, 0.15) is 45.4 Å². The first-order chi connectivity index (χ1) is 9.08. The van der Waals surface area contributed by atoms with Crippen molar-refractivity contribution < 1.29 is 14.7 Å². The number of carboxylic acids is 1. The third kappa shape index (κ3) is 4.20. The zero-order chi connectivity index (χ0) is 13.8. The molecule has 2 aliphatic rings. The largest absolute Gasteiger partial charge is 0.481 e. The number of nitrogens with one attached hydrogen (secondary N) is 2. The van der Waals surface area contributed by atoms with Gasteiger partial charge in [-0.05, 0) is 45.1 Å². The first kappa shape index (κ1) is 14.3. The molecular weight excluding hydrogens is 244 g/mol. The lowest BCUT2D eigenvalue weighted by Gasteiger charge is -2.29. The second-order valence-corrected chi connectivity index (χ2v) is 5.90. The summed E-state index contributed by atoms with van der Waals surface area (Å²) in [6.45, 7) is 2.46. The van der Waals surface area contributed by atoms with Crippen LogP contribution in [0.15, 0.2) is 0 Å². The highest BCUT2D eigenvalue weighted by Crippen LogP contribution is 2.29.